The van der Waals surface area contributed by atoms with Gasteiger partial charge < -0.3 is 19.7 Å². The minimum absolute atomic E-state index is 0.0548. The zero-order valence-corrected chi connectivity index (χ0v) is 14.6. The first-order chi connectivity index (χ1) is 11.1. The van der Waals surface area contributed by atoms with Crippen molar-refractivity contribution in [2.45, 2.75) is 45.1 Å². The summed E-state index contributed by atoms with van der Waals surface area (Å²) in [5.41, 5.74) is 2.26. The molecule has 0 saturated carbocycles. The van der Waals surface area contributed by atoms with Crippen molar-refractivity contribution in [1.82, 2.24) is 0 Å². The van der Waals surface area contributed by atoms with Crippen LogP contribution in [0.1, 0.15) is 39.5 Å². The zero-order valence-electron chi connectivity index (χ0n) is 14.6. The summed E-state index contributed by atoms with van der Waals surface area (Å²) in [6, 6.07) is 6.28. The van der Waals surface area contributed by atoms with Crippen LogP contribution in [0, 0.1) is 11.3 Å². The van der Waals surface area contributed by atoms with E-state index in [1.165, 1.54) is 0 Å². The standard InChI is InChI=1S/C18H27N3O2/c1-5-18(6-2)13-21(10-8-7-9-19)15-12-17(23-4)16(22-3)11-14(15)20-18/h11-12,20H,5-8,10,13H2,1-4H3. The van der Waals surface area contributed by atoms with Crippen LogP contribution in [0.25, 0.3) is 0 Å². The van der Waals surface area contributed by atoms with Gasteiger partial charge in [-0.25, -0.2) is 0 Å². The van der Waals surface area contributed by atoms with Gasteiger partial charge in [-0.1, -0.05) is 13.8 Å². The molecule has 2 rings (SSSR count). The van der Waals surface area contributed by atoms with Gasteiger partial charge in [-0.2, -0.15) is 5.26 Å². The van der Waals surface area contributed by atoms with Gasteiger partial charge in [0.2, 0.25) is 0 Å². The first-order valence-electron chi connectivity index (χ1n) is 8.29. The number of nitrogens with zero attached hydrogens (tertiary/aromatic N) is 2. The average Bonchev–Trinajstić information content (AvgIpc) is 2.60. The molecule has 5 nitrogen and oxygen atoms in total. The molecule has 1 N–H and O–H groups in total. The number of anilines is 2. The van der Waals surface area contributed by atoms with E-state index in [0.29, 0.717) is 6.42 Å². The van der Waals surface area contributed by atoms with Crippen LogP contribution in [0.15, 0.2) is 12.1 Å². The van der Waals surface area contributed by atoms with Crippen molar-refractivity contribution in [3.8, 4) is 17.6 Å². The Morgan fingerprint density at radius 2 is 1.87 bits per heavy atom. The second-order valence-corrected chi connectivity index (χ2v) is 6.02. The van der Waals surface area contributed by atoms with Crippen molar-refractivity contribution < 1.29 is 9.47 Å². The van der Waals surface area contributed by atoms with Crippen molar-refractivity contribution >= 4 is 11.4 Å². The summed E-state index contributed by atoms with van der Waals surface area (Å²) in [7, 11) is 3.31. The van der Waals surface area contributed by atoms with Crippen molar-refractivity contribution in [2.75, 3.05) is 37.5 Å². The molecule has 0 saturated heterocycles. The lowest BCUT2D eigenvalue weighted by Gasteiger charge is -2.45. The third kappa shape index (κ3) is 3.47. The minimum atomic E-state index is 0.0548. The van der Waals surface area contributed by atoms with Gasteiger partial charge in [-0.05, 0) is 19.3 Å². The molecule has 1 aliphatic rings. The molecule has 0 bridgehead atoms. The molecule has 0 amide bonds. The highest BCUT2D eigenvalue weighted by atomic mass is 16.5. The summed E-state index contributed by atoms with van der Waals surface area (Å²) in [5.74, 6) is 1.47. The number of hydrogen-bond acceptors (Lipinski definition) is 5. The maximum absolute atomic E-state index is 8.82. The maximum Gasteiger partial charge on any atom is 0.162 e. The third-order valence-electron chi connectivity index (χ3n) is 4.81. The van der Waals surface area contributed by atoms with Crippen LogP contribution in [-0.2, 0) is 0 Å². The van der Waals surface area contributed by atoms with Crippen LogP contribution in [0.2, 0.25) is 0 Å². The fourth-order valence-corrected chi connectivity index (χ4v) is 3.20. The van der Waals surface area contributed by atoms with Crippen LogP contribution < -0.4 is 19.7 Å². The van der Waals surface area contributed by atoms with Crippen LogP contribution in [0.4, 0.5) is 11.4 Å². The second kappa shape index (κ2) is 7.45. The van der Waals surface area contributed by atoms with E-state index in [1.54, 1.807) is 14.2 Å². The number of ether oxygens (including phenoxy) is 2. The number of hydrogen-bond donors (Lipinski definition) is 1. The first-order valence-corrected chi connectivity index (χ1v) is 8.29. The van der Waals surface area contributed by atoms with E-state index >= 15 is 0 Å². The van der Waals surface area contributed by atoms with E-state index in [2.05, 4.69) is 30.1 Å². The van der Waals surface area contributed by atoms with E-state index in [1.807, 2.05) is 12.1 Å². The molecule has 1 aromatic carbocycles. The molecule has 126 valence electrons. The quantitative estimate of drug-likeness (QED) is 0.775. The van der Waals surface area contributed by atoms with Gasteiger partial charge in [-0.3, -0.25) is 0 Å². The molecular formula is C18H27N3O2. The summed E-state index contributed by atoms with van der Waals surface area (Å²) >= 11 is 0. The lowest BCUT2D eigenvalue weighted by molar-refractivity contribution is 0.353. The Bertz CT molecular complexity index is 576. The number of rotatable bonds is 7. The number of benzene rings is 1. The highest BCUT2D eigenvalue weighted by molar-refractivity contribution is 5.78. The Morgan fingerprint density at radius 3 is 2.43 bits per heavy atom. The maximum atomic E-state index is 8.82. The Balaban J connectivity index is 2.42. The van der Waals surface area contributed by atoms with Crippen LogP contribution in [0.5, 0.6) is 11.5 Å². The largest absolute Gasteiger partial charge is 0.493 e. The molecule has 0 fully saturated rings. The van der Waals surface area contributed by atoms with Crippen LogP contribution in [-0.4, -0.2) is 32.8 Å². The molecule has 1 heterocycles. The Hall–Kier alpha value is -2.09. The van der Waals surface area contributed by atoms with E-state index in [4.69, 9.17) is 14.7 Å². The number of nitrogens with one attached hydrogen (secondary N) is 1. The fraction of sp³-hybridized carbons (Fsp3) is 0.611. The lowest BCUT2D eigenvalue weighted by atomic mass is 9.88. The molecular weight excluding hydrogens is 290 g/mol. The Morgan fingerprint density at radius 1 is 1.22 bits per heavy atom. The number of nitriles is 1. The van der Waals surface area contributed by atoms with Crippen molar-refractivity contribution in [2.24, 2.45) is 0 Å². The smallest absolute Gasteiger partial charge is 0.162 e. The highest BCUT2D eigenvalue weighted by Crippen LogP contribution is 2.43. The molecule has 0 radical (unpaired) electrons. The summed E-state index contributed by atoms with van der Waals surface area (Å²) < 4.78 is 10.9. The monoisotopic (exact) mass is 317 g/mol. The lowest BCUT2D eigenvalue weighted by Crippen LogP contribution is -2.52. The molecule has 1 aliphatic heterocycles. The topological polar surface area (TPSA) is 57.5 Å². The normalized spacial score (nSPS) is 15.3. The van der Waals surface area contributed by atoms with Gasteiger partial charge in [0.1, 0.15) is 0 Å². The van der Waals surface area contributed by atoms with Gasteiger partial charge in [0.25, 0.3) is 0 Å². The molecule has 0 spiro atoms. The highest BCUT2D eigenvalue weighted by Gasteiger charge is 2.35. The summed E-state index contributed by atoms with van der Waals surface area (Å²) in [5, 5.41) is 12.5. The summed E-state index contributed by atoms with van der Waals surface area (Å²) in [6.45, 7) is 6.25. The van der Waals surface area contributed by atoms with Gasteiger partial charge in [0.05, 0.1) is 37.2 Å². The SMILES string of the molecule is CCC1(CC)CN(CCCC#N)c2cc(OC)c(OC)cc2N1. The third-order valence-corrected chi connectivity index (χ3v) is 4.81. The van der Waals surface area contributed by atoms with E-state index in [0.717, 1.165) is 55.2 Å². The van der Waals surface area contributed by atoms with Gasteiger partial charge in [0, 0.05) is 31.6 Å². The minimum Gasteiger partial charge on any atom is -0.493 e. The van der Waals surface area contributed by atoms with Gasteiger partial charge in [0.15, 0.2) is 11.5 Å². The Labute approximate surface area is 139 Å². The molecule has 0 atom stereocenters. The number of methoxy groups -OCH3 is 2. The fourth-order valence-electron chi connectivity index (χ4n) is 3.20. The van der Waals surface area contributed by atoms with E-state index < -0.39 is 0 Å². The zero-order chi connectivity index (χ0) is 16.9. The second-order valence-electron chi connectivity index (χ2n) is 6.02. The van der Waals surface area contributed by atoms with Crippen molar-refractivity contribution in [3.63, 3.8) is 0 Å². The molecule has 1 aromatic rings. The number of unbranched alkanes of at least 4 members (excludes halogenated alkanes) is 1. The predicted octanol–water partition coefficient (Wildman–Crippen LogP) is 3.80. The van der Waals surface area contributed by atoms with Crippen molar-refractivity contribution in [1.29, 1.82) is 5.26 Å². The molecule has 0 aliphatic carbocycles. The average molecular weight is 317 g/mol. The number of fused-ring (bicyclic) bond motifs is 1. The summed E-state index contributed by atoms with van der Waals surface area (Å²) in [6.07, 6.45) is 3.55. The predicted molar refractivity (Wildman–Crippen MR) is 93.5 cm³/mol. The molecule has 0 aromatic heterocycles. The van der Waals surface area contributed by atoms with Crippen LogP contribution >= 0.6 is 0 Å². The van der Waals surface area contributed by atoms with Gasteiger partial charge >= 0.3 is 0 Å². The van der Waals surface area contributed by atoms with Crippen molar-refractivity contribution in [3.05, 3.63) is 12.1 Å². The molecule has 0 unspecified atom stereocenters. The van der Waals surface area contributed by atoms with Gasteiger partial charge in [-0.15, -0.1) is 0 Å². The Kier molecular flexibility index (Phi) is 5.59. The first kappa shape index (κ1) is 17.3. The molecule has 5 heteroatoms. The summed E-state index contributed by atoms with van der Waals surface area (Å²) in [4.78, 5) is 2.37. The van der Waals surface area contributed by atoms with E-state index in [9.17, 15) is 0 Å². The molecule has 23 heavy (non-hydrogen) atoms. The van der Waals surface area contributed by atoms with E-state index in [-0.39, 0.29) is 5.54 Å². The van der Waals surface area contributed by atoms with Crippen LogP contribution in [0.3, 0.4) is 0 Å².